The van der Waals surface area contributed by atoms with Gasteiger partial charge in [-0.25, -0.2) is 4.79 Å². The van der Waals surface area contributed by atoms with E-state index in [0.29, 0.717) is 37.5 Å². The molecule has 0 aliphatic heterocycles. The fourth-order valence-electron chi connectivity index (χ4n) is 3.74. The number of carbonyl (C=O) groups excluding carboxylic acids is 1. The van der Waals surface area contributed by atoms with Crippen LogP contribution in [0, 0.1) is 5.92 Å². The van der Waals surface area contributed by atoms with Crippen LogP contribution in [0.25, 0.3) is 11.3 Å². The van der Waals surface area contributed by atoms with Gasteiger partial charge < -0.3 is 10.4 Å². The van der Waals surface area contributed by atoms with Crippen molar-refractivity contribution >= 4 is 11.9 Å². The van der Waals surface area contributed by atoms with E-state index in [2.05, 4.69) is 10.4 Å². The third kappa shape index (κ3) is 5.42. The molecule has 6 nitrogen and oxygen atoms in total. The number of carboxylic acid groups (broad SMARTS) is 1. The molecule has 144 valence electrons. The number of carbonyl (C=O) groups is 2. The van der Waals surface area contributed by atoms with Crippen molar-refractivity contribution in [2.24, 2.45) is 5.92 Å². The van der Waals surface area contributed by atoms with E-state index >= 15 is 0 Å². The van der Waals surface area contributed by atoms with Gasteiger partial charge in [0.2, 0.25) is 0 Å². The van der Waals surface area contributed by atoms with Gasteiger partial charge >= 0.3 is 6.09 Å². The first-order chi connectivity index (χ1) is 13.1. The highest BCUT2D eigenvalue weighted by atomic mass is 16.4. The van der Waals surface area contributed by atoms with Crippen molar-refractivity contribution in [2.75, 3.05) is 6.54 Å². The van der Waals surface area contributed by atoms with Crippen LogP contribution >= 0.6 is 0 Å². The minimum atomic E-state index is -1.03. The van der Waals surface area contributed by atoms with Crippen molar-refractivity contribution in [3.63, 3.8) is 0 Å². The Bertz CT molecular complexity index is 764. The van der Waals surface area contributed by atoms with Crippen molar-refractivity contribution in [3.05, 3.63) is 42.1 Å². The largest absolute Gasteiger partial charge is 0.465 e. The summed E-state index contributed by atoms with van der Waals surface area (Å²) in [6, 6.07) is 11.7. The fourth-order valence-corrected chi connectivity index (χ4v) is 3.74. The summed E-state index contributed by atoms with van der Waals surface area (Å²) in [4.78, 5) is 23.6. The Hall–Kier alpha value is -2.63. The van der Waals surface area contributed by atoms with E-state index in [1.165, 1.54) is 19.3 Å². The predicted molar refractivity (Wildman–Crippen MR) is 104 cm³/mol. The number of nitrogens with zero attached hydrogens (tertiary/aromatic N) is 2. The molecule has 2 aromatic rings. The zero-order chi connectivity index (χ0) is 19.1. The van der Waals surface area contributed by atoms with Crippen molar-refractivity contribution < 1.29 is 14.7 Å². The third-order valence-corrected chi connectivity index (χ3v) is 5.16. The summed E-state index contributed by atoms with van der Waals surface area (Å²) in [6.45, 7) is 0.852. The quantitative estimate of drug-likeness (QED) is 0.535. The second-order valence-corrected chi connectivity index (χ2v) is 7.22. The molecule has 0 bridgehead atoms. The topological polar surface area (TPSA) is 84.2 Å². The molecule has 0 saturated heterocycles. The highest BCUT2D eigenvalue weighted by Gasteiger charge is 2.22. The number of ketones is 1. The molecule has 1 aliphatic rings. The molecule has 1 aliphatic carbocycles. The number of hydrogen-bond donors (Lipinski definition) is 2. The number of rotatable bonds is 8. The maximum Gasteiger partial charge on any atom is 0.404 e. The molecule has 1 heterocycles. The van der Waals surface area contributed by atoms with Crippen molar-refractivity contribution in [1.29, 1.82) is 0 Å². The number of aromatic nitrogens is 2. The monoisotopic (exact) mass is 369 g/mol. The number of aryl methyl sites for hydroxylation is 1. The lowest BCUT2D eigenvalue weighted by Gasteiger charge is -2.20. The Morgan fingerprint density at radius 2 is 1.89 bits per heavy atom. The first kappa shape index (κ1) is 19.1. The van der Waals surface area contributed by atoms with Crippen LogP contribution in [-0.4, -0.2) is 33.3 Å². The second-order valence-electron chi connectivity index (χ2n) is 7.22. The average molecular weight is 369 g/mol. The van der Waals surface area contributed by atoms with E-state index in [4.69, 9.17) is 5.11 Å². The fraction of sp³-hybridized carbons (Fsp3) is 0.476. The standard InChI is InChI=1S/C21H27N3O3/c25-20(14-16-8-3-1-4-9-16)19-15-18(17-10-5-2-6-11-17)23-24(19)13-7-12-22-21(26)27/h2,5-6,10-11,15-16,22H,1,3-4,7-9,12-14H2,(H,26,27). The summed E-state index contributed by atoms with van der Waals surface area (Å²) in [6.07, 6.45) is 6.10. The smallest absolute Gasteiger partial charge is 0.404 e. The lowest BCUT2D eigenvalue weighted by molar-refractivity contribution is 0.0939. The predicted octanol–water partition coefficient (Wildman–Crippen LogP) is 4.36. The Morgan fingerprint density at radius 3 is 2.59 bits per heavy atom. The van der Waals surface area contributed by atoms with Crippen LogP contribution in [0.2, 0.25) is 0 Å². The Labute approximate surface area is 159 Å². The summed E-state index contributed by atoms with van der Waals surface area (Å²) in [7, 11) is 0. The molecule has 1 saturated carbocycles. The van der Waals surface area contributed by atoms with Crippen LogP contribution in [0.15, 0.2) is 36.4 Å². The highest BCUT2D eigenvalue weighted by molar-refractivity contribution is 5.95. The van der Waals surface area contributed by atoms with Crippen LogP contribution in [0.5, 0.6) is 0 Å². The van der Waals surface area contributed by atoms with Gasteiger partial charge in [-0.2, -0.15) is 5.10 Å². The molecule has 0 spiro atoms. The average Bonchev–Trinajstić information content (AvgIpc) is 3.11. The molecule has 2 N–H and O–H groups in total. The molecule has 0 radical (unpaired) electrons. The second kappa shape index (κ2) is 9.35. The molecule has 1 aromatic heterocycles. The SMILES string of the molecule is O=C(O)NCCCn1nc(-c2ccccc2)cc1C(=O)CC1CCCCC1. The molecule has 1 amide bonds. The molecule has 0 atom stereocenters. The first-order valence-electron chi connectivity index (χ1n) is 9.77. The molecule has 6 heteroatoms. The van der Waals surface area contributed by atoms with Gasteiger partial charge in [-0.05, 0) is 18.4 Å². The van der Waals surface area contributed by atoms with E-state index in [0.717, 1.165) is 24.1 Å². The minimum absolute atomic E-state index is 0.141. The van der Waals surface area contributed by atoms with Gasteiger partial charge in [0.25, 0.3) is 0 Å². The Balaban J connectivity index is 1.75. The normalized spacial score (nSPS) is 14.8. The van der Waals surface area contributed by atoms with Crippen molar-refractivity contribution in [3.8, 4) is 11.3 Å². The maximum atomic E-state index is 12.9. The maximum absolute atomic E-state index is 12.9. The summed E-state index contributed by atoms with van der Waals surface area (Å²) >= 11 is 0. The van der Waals surface area contributed by atoms with Crippen LogP contribution in [-0.2, 0) is 6.54 Å². The van der Waals surface area contributed by atoms with Crippen LogP contribution in [0.1, 0.15) is 55.4 Å². The van der Waals surface area contributed by atoms with Gasteiger partial charge in [0.15, 0.2) is 5.78 Å². The molecule has 27 heavy (non-hydrogen) atoms. The van der Waals surface area contributed by atoms with Gasteiger partial charge in [-0.15, -0.1) is 0 Å². The van der Waals surface area contributed by atoms with Crippen molar-refractivity contribution in [2.45, 2.75) is 51.5 Å². The molecule has 1 aromatic carbocycles. The van der Waals surface area contributed by atoms with Gasteiger partial charge in [0.05, 0.1) is 5.69 Å². The summed E-state index contributed by atoms with van der Waals surface area (Å²) in [5, 5.41) is 15.7. The van der Waals surface area contributed by atoms with Gasteiger partial charge in [-0.3, -0.25) is 9.48 Å². The number of amides is 1. The zero-order valence-corrected chi connectivity index (χ0v) is 15.6. The van der Waals surface area contributed by atoms with Crippen LogP contribution < -0.4 is 5.32 Å². The van der Waals surface area contributed by atoms with Crippen molar-refractivity contribution in [1.82, 2.24) is 15.1 Å². The molecule has 3 rings (SSSR count). The lowest BCUT2D eigenvalue weighted by atomic mass is 9.85. The minimum Gasteiger partial charge on any atom is -0.465 e. The zero-order valence-electron chi connectivity index (χ0n) is 15.6. The van der Waals surface area contributed by atoms with E-state index in [1.807, 2.05) is 36.4 Å². The Morgan fingerprint density at radius 1 is 1.15 bits per heavy atom. The summed E-state index contributed by atoms with van der Waals surface area (Å²) in [5.74, 6) is 0.617. The molecule has 1 fully saturated rings. The van der Waals surface area contributed by atoms with Gasteiger partial charge in [-0.1, -0.05) is 62.4 Å². The number of nitrogens with one attached hydrogen (secondary N) is 1. The lowest BCUT2D eigenvalue weighted by Crippen LogP contribution is -2.23. The van der Waals surface area contributed by atoms with Gasteiger partial charge in [0.1, 0.15) is 5.69 Å². The first-order valence-corrected chi connectivity index (χ1v) is 9.77. The van der Waals surface area contributed by atoms with E-state index in [1.54, 1.807) is 4.68 Å². The van der Waals surface area contributed by atoms with E-state index < -0.39 is 6.09 Å². The molecule has 0 unspecified atom stereocenters. The number of benzene rings is 1. The Kier molecular flexibility index (Phi) is 6.63. The molecular formula is C21H27N3O3. The summed E-state index contributed by atoms with van der Waals surface area (Å²) < 4.78 is 1.75. The number of hydrogen-bond acceptors (Lipinski definition) is 3. The molecular weight excluding hydrogens is 342 g/mol. The van der Waals surface area contributed by atoms with E-state index in [9.17, 15) is 9.59 Å². The van der Waals surface area contributed by atoms with Gasteiger partial charge in [0, 0.05) is 25.1 Å². The van der Waals surface area contributed by atoms with Crippen LogP contribution in [0.4, 0.5) is 4.79 Å². The van der Waals surface area contributed by atoms with E-state index in [-0.39, 0.29) is 5.78 Å². The number of Topliss-reactive ketones (excluding diaryl/α,β-unsaturated/α-hetero) is 1. The van der Waals surface area contributed by atoms with Crippen LogP contribution in [0.3, 0.4) is 0 Å². The third-order valence-electron chi connectivity index (χ3n) is 5.16. The summed E-state index contributed by atoms with van der Waals surface area (Å²) in [5.41, 5.74) is 2.40. The highest BCUT2D eigenvalue weighted by Crippen LogP contribution is 2.28.